The number of rotatable bonds is 8. The van der Waals surface area contributed by atoms with E-state index in [1.807, 2.05) is 0 Å². The lowest BCUT2D eigenvalue weighted by Gasteiger charge is -2.20. The second kappa shape index (κ2) is 8.68. The number of para-hydroxylation sites is 1. The zero-order valence-corrected chi connectivity index (χ0v) is 12.2. The summed E-state index contributed by atoms with van der Waals surface area (Å²) in [5.41, 5.74) is 8.84. The number of nitrogens with zero attached hydrogens (tertiary/aromatic N) is 3. The average molecular weight is 294 g/mol. The topological polar surface area (TPSA) is 106 Å². The maximum Gasteiger partial charge on any atom is 0.327 e. The van der Waals surface area contributed by atoms with E-state index in [-0.39, 0.29) is 6.54 Å². The first-order valence-electron chi connectivity index (χ1n) is 6.22. The van der Waals surface area contributed by atoms with Crippen LogP contribution in [0, 0.1) is 0 Å². The molecule has 8 nitrogen and oxygen atoms in total. The Morgan fingerprint density at radius 2 is 2.14 bits per heavy atom. The van der Waals surface area contributed by atoms with Crippen molar-refractivity contribution in [1.82, 2.24) is 5.32 Å². The fourth-order valence-corrected chi connectivity index (χ4v) is 1.88. The van der Waals surface area contributed by atoms with Crippen molar-refractivity contribution in [3.05, 3.63) is 34.2 Å². The van der Waals surface area contributed by atoms with Crippen molar-refractivity contribution in [2.24, 2.45) is 5.11 Å². The minimum Gasteiger partial charge on any atom is -0.493 e. The molecule has 1 N–H and O–H groups in total. The standard InChI is InChI=1S/C13H18N4O4/c1-19-10-6-4-5-9(12(10)20-2)11(13(18)21-3)15-7-8-16-17-14/h4-6,11,15H,7-8H2,1-3H3. The number of hydrogen-bond donors (Lipinski definition) is 1. The Morgan fingerprint density at radius 1 is 1.38 bits per heavy atom. The highest BCUT2D eigenvalue weighted by Gasteiger charge is 2.25. The van der Waals surface area contributed by atoms with Crippen molar-refractivity contribution < 1.29 is 19.0 Å². The summed E-state index contributed by atoms with van der Waals surface area (Å²) >= 11 is 0. The van der Waals surface area contributed by atoms with Crippen LogP contribution >= 0.6 is 0 Å². The van der Waals surface area contributed by atoms with Crippen LogP contribution in [0.5, 0.6) is 11.5 Å². The van der Waals surface area contributed by atoms with Crippen LogP contribution in [-0.2, 0) is 9.53 Å². The Balaban J connectivity index is 3.07. The molecule has 21 heavy (non-hydrogen) atoms. The summed E-state index contributed by atoms with van der Waals surface area (Å²) in [6.45, 7) is 0.542. The molecular formula is C13H18N4O4. The van der Waals surface area contributed by atoms with Crippen molar-refractivity contribution in [1.29, 1.82) is 0 Å². The molecule has 1 aromatic rings. The number of carbonyl (C=O) groups is 1. The summed E-state index contributed by atoms with van der Waals surface area (Å²) in [6.07, 6.45) is 0. The highest BCUT2D eigenvalue weighted by Crippen LogP contribution is 2.34. The van der Waals surface area contributed by atoms with Gasteiger partial charge in [0, 0.05) is 23.6 Å². The number of benzene rings is 1. The summed E-state index contributed by atoms with van der Waals surface area (Å²) in [6, 6.07) is 4.48. The molecule has 0 aliphatic heterocycles. The first-order valence-corrected chi connectivity index (χ1v) is 6.22. The van der Waals surface area contributed by atoms with Gasteiger partial charge in [-0.1, -0.05) is 17.2 Å². The molecule has 0 saturated carbocycles. The summed E-state index contributed by atoms with van der Waals surface area (Å²) in [7, 11) is 4.32. The summed E-state index contributed by atoms with van der Waals surface area (Å²) in [5.74, 6) is 0.495. The van der Waals surface area contributed by atoms with Gasteiger partial charge in [-0.15, -0.1) is 0 Å². The predicted octanol–water partition coefficient (Wildman–Crippen LogP) is 1.82. The first-order chi connectivity index (χ1) is 10.2. The van der Waals surface area contributed by atoms with Crippen LogP contribution < -0.4 is 14.8 Å². The fourth-order valence-electron chi connectivity index (χ4n) is 1.88. The van der Waals surface area contributed by atoms with Crippen molar-refractivity contribution in [3.8, 4) is 11.5 Å². The Labute approximate surface area is 122 Å². The quantitative estimate of drug-likeness (QED) is 0.259. The fraction of sp³-hybridized carbons (Fsp3) is 0.462. The molecule has 0 amide bonds. The van der Waals surface area contributed by atoms with E-state index in [0.717, 1.165) is 0 Å². The lowest BCUT2D eigenvalue weighted by molar-refractivity contribution is -0.143. The van der Waals surface area contributed by atoms with Gasteiger partial charge in [0.1, 0.15) is 6.04 Å². The molecule has 8 heteroatoms. The minimum absolute atomic E-state index is 0.219. The Bertz CT molecular complexity index is 529. The molecule has 0 saturated heterocycles. The molecule has 114 valence electrons. The van der Waals surface area contributed by atoms with Crippen molar-refractivity contribution >= 4 is 5.97 Å². The average Bonchev–Trinajstić information content (AvgIpc) is 2.53. The Morgan fingerprint density at radius 3 is 2.71 bits per heavy atom. The van der Waals surface area contributed by atoms with E-state index >= 15 is 0 Å². The minimum atomic E-state index is -0.742. The second-order valence-electron chi connectivity index (χ2n) is 3.95. The number of hydrogen-bond acceptors (Lipinski definition) is 6. The lowest BCUT2D eigenvalue weighted by atomic mass is 10.0. The Kier molecular flexibility index (Phi) is 6.86. The van der Waals surface area contributed by atoms with Crippen LogP contribution in [0.1, 0.15) is 11.6 Å². The number of azide groups is 1. The van der Waals surface area contributed by atoms with Crippen LogP contribution in [-0.4, -0.2) is 40.4 Å². The molecule has 0 aromatic heterocycles. The van der Waals surface area contributed by atoms with Gasteiger partial charge in [0.2, 0.25) is 0 Å². The van der Waals surface area contributed by atoms with Gasteiger partial charge in [0.15, 0.2) is 11.5 Å². The number of methoxy groups -OCH3 is 3. The maximum absolute atomic E-state index is 12.0. The second-order valence-corrected chi connectivity index (χ2v) is 3.95. The van der Waals surface area contributed by atoms with Gasteiger partial charge in [-0.2, -0.15) is 0 Å². The molecule has 0 fully saturated rings. The van der Waals surface area contributed by atoms with Gasteiger partial charge >= 0.3 is 5.97 Å². The van der Waals surface area contributed by atoms with E-state index in [4.69, 9.17) is 19.7 Å². The van der Waals surface area contributed by atoms with Crippen molar-refractivity contribution in [2.45, 2.75) is 6.04 Å². The van der Waals surface area contributed by atoms with Crippen LogP contribution in [0.2, 0.25) is 0 Å². The largest absolute Gasteiger partial charge is 0.493 e. The maximum atomic E-state index is 12.0. The van der Waals surface area contributed by atoms with Gasteiger partial charge in [-0.3, -0.25) is 0 Å². The molecule has 0 aliphatic rings. The predicted molar refractivity (Wildman–Crippen MR) is 76.3 cm³/mol. The number of ether oxygens (including phenoxy) is 3. The normalized spacial score (nSPS) is 11.2. The number of carbonyl (C=O) groups excluding carboxylic acids is 1. The molecule has 1 atom stereocenters. The van der Waals surface area contributed by atoms with Gasteiger partial charge in [0.25, 0.3) is 0 Å². The molecular weight excluding hydrogens is 276 g/mol. The molecule has 0 spiro atoms. The van der Waals surface area contributed by atoms with E-state index in [1.165, 1.54) is 21.3 Å². The van der Waals surface area contributed by atoms with Crippen molar-refractivity contribution in [2.75, 3.05) is 34.4 Å². The number of nitrogens with one attached hydrogen (secondary N) is 1. The van der Waals surface area contributed by atoms with E-state index < -0.39 is 12.0 Å². The van der Waals surface area contributed by atoms with Gasteiger partial charge in [-0.05, 0) is 11.6 Å². The van der Waals surface area contributed by atoms with Crippen LogP contribution in [0.15, 0.2) is 23.3 Å². The van der Waals surface area contributed by atoms with Gasteiger partial charge < -0.3 is 19.5 Å². The number of esters is 1. The molecule has 0 radical (unpaired) electrons. The summed E-state index contributed by atoms with van der Waals surface area (Å²) in [4.78, 5) is 14.6. The third-order valence-corrected chi connectivity index (χ3v) is 2.80. The Hall–Kier alpha value is -2.44. The third-order valence-electron chi connectivity index (χ3n) is 2.80. The van der Waals surface area contributed by atoms with E-state index in [0.29, 0.717) is 23.6 Å². The first kappa shape index (κ1) is 16.6. The molecule has 1 unspecified atom stereocenters. The molecule has 0 heterocycles. The zero-order chi connectivity index (χ0) is 15.7. The highest BCUT2D eigenvalue weighted by molar-refractivity contribution is 5.79. The lowest BCUT2D eigenvalue weighted by Crippen LogP contribution is -2.31. The van der Waals surface area contributed by atoms with E-state index in [9.17, 15) is 4.79 Å². The highest BCUT2D eigenvalue weighted by atomic mass is 16.5. The molecule has 0 bridgehead atoms. The smallest absolute Gasteiger partial charge is 0.327 e. The van der Waals surface area contributed by atoms with E-state index in [1.54, 1.807) is 18.2 Å². The molecule has 0 aliphatic carbocycles. The van der Waals surface area contributed by atoms with Crippen LogP contribution in [0.4, 0.5) is 0 Å². The monoisotopic (exact) mass is 294 g/mol. The summed E-state index contributed by atoms with van der Waals surface area (Å²) < 4.78 is 15.3. The van der Waals surface area contributed by atoms with Gasteiger partial charge in [0.05, 0.1) is 21.3 Å². The SMILES string of the molecule is COC(=O)C(NCCN=[N+]=[N-])c1cccc(OC)c1OC. The molecule has 1 aromatic carbocycles. The summed E-state index contributed by atoms with van der Waals surface area (Å²) in [5, 5.41) is 6.38. The molecule has 1 rings (SSSR count). The van der Waals surface area contributed by atoms with Crippen LogP contribution in [0.25, 0.3) is 10.4 Å². The van der Waals surface area contributed by atoms with Gasteiger partial charge in [-0.25, -0.2) is 4.79 Å². The zero-order valence-electron chi connectivity index (χ0n) is 12.2. The van der Waals surface area contributed by atoms with Crippen LogP contribution in [0.3, 0.4) is 0 Å². The van der Waals surface area contributed by atoms with Crippen molar-refractivity contribution in [3.63, 3.8) is 0 Å². The third kappa shape index (κ3) is 4.27. The van der Waals surface area contributed by atoms with E-state index in [2.05, 4.69) is 15.3 Å².